The van der Waals surface area contributed by atoms with Crippen molar-refractivity contribution in [1.29, 1.82) is 0 Å². The van der Waals surface area contributed by atoms with Crippen LogP contribution in [0.5, 0.6) is 0 Å². The molecule has 27 heavy (non-hydrogen) atoms. The van der Waals surface area contributed by atoms with Crippen molar-refractivity contribution in [3.05, 3.63) is 90.2 Å². The Bertz CT molecular complexity index is 1250. The molecule has 0 radical (unpaired) electrons. The van der Waals surface area contributed by atoms with Crippen molar-refractivity contribution < 1.29 is 8.91 Å². The fourth-order valence-corrected chi connectivity index (χ4v) is 4.45. The molecule has 0 fully saturated rings. The van der Waals surface area contributed by atoms with E-state index < -0.39 is 0 Å². The van der Waals surface area contributed by atoms with Crippen molar-refractivity contribution in [2.45, 2.75) is 16.8 Å². The molecule has 0 spiro atoms. The van der Waals surface area contributed by atoms with Gasteiger partial charge in [0.2, 0.25) is 5.52 Å². The lowest BCUT2D eigenvalue weighted by Crippen LogP contribution is -2.28. The van der Waals surface area contributed by atoms with E-state index in [0.29, 0.717) is 0 Å². The molecule has 0 aliphatic heterocycles. The summed E-state index contributed by atoms with van der Waals surface area (Å²) in [4.78, 5) is 1.17. The zero-order chi connectivity index (χ0) is 18.4. The minimum absolute atomic E-state index is 0.227. The molecule has 2 aromatic heterocycles. The van der Waals surface area contributed by atoms with Gasteiger partial charge in [0.05, 0.1) is 0 Å². The standard InChI is InChI=1S/C22H17FN3S/c1-15-21(16-11-13-17(23)14-12-16)25-20-10-6-5-9-19(20)24-26(25)22(15)27-18-7-3-2-4-8-18/h2-14,24H,1H3/q+1. The van der Waals surface area contributed by atoms with E-state index >= 15 is 0 Å². The van der Waals surface area contributed by atoms with Crippen LogP contribution in [0.1, 0.15) is 5.56 Å². The first kappa shape index (κ1) is 16.1. The predicted molar refractivity (Wildman–Crippen MR) is 106 cm³/mol. The van der Waals surface area contributed by atoms with Gasteiger partial charge in [-0.25, -0.2) is 4.39 Å². The number of rotatable bonds is 3. The first-order valence-electron chi connectivity index (χ1n) is 8.75. The molecule has 1 N–H and O–H groups in total. The number of aromatic nitrogens is 3. The molecule has 5 heteroatoms. The molecular weight excluding hydrogens is 357 g/mol. The lowest BCUT2D eigenvalue weighted by Gasteiger charge is -2.00. The van der Waals surface area contributed by atoms with Crippen LogP contribution in [0.2, 0.25) is 0 Å². The highest BCUT2D eigenvalue weighted by molar-refractivity contribution is 7.99. The van der Waals surface area contributed by atoms with E-state index in [4.69, 9.17) is 0 Å². The van der Waals surface area contributed by atoms with Gasteiger partial charge in [0.25, 0.3) is 0 Å². The Morgan fingerprint density at radius 3 is 2.37 bits per heavy atom. The van der Waals surface area contributed by atoms with E-state index in [1.54, 1.807) is 11.8 Å². The molecule has 0 bridgehead atoms. The summed E-state index contributed by atoms with van der Waals surface area (Å²) in [5, 5.41) is 4.60. The average molecular weight is 374 g/mol. The number of nitrogens with zero attached hydrogens (tertiary/aromatic N) is 2. The first-order valence-corrected chi connectivity index (χ1v) is 9.57. The van der Waals surface area contributed by atoms with Crippen molar-refractivity contribution in [2.24, 2.45) is 0 Å². The van der Waals surface area contributed by atoms with E-state index in [2.05, 4.69) is 45.4 Å². The fourth-order valence-electron chi connectivity index (χ4n) is 3.47. The van der Waals surface area contributed by atoms with Gasteiger partial charge < -0.3 is 0 Å². The smallest absolute Gasteiger partial charge is 0.202 e. The van der Waals surface area contributed by atoms with Gasteiger partial charge >= 0.3 is 0 Å². The summed E-state index contributed by atoms with van der Waals surface area (Å²) < 4.78 is 17.7. The molecule has 3 nitrogen and oxygen atoms in total. The van der Waals surface area contributed by atoms with Crippen molar-refractivity contribution in [3.63, 3.8) is 0 Å². The summed E-state index contributed by atoms with van der Waals surface area (Å²) in [6.45, 7) is 2.12. The van der Waals surface area contributed by atoms with Crippen LogP contribution in [0.15, 0.2) is 88.8 Å². The first-order chi connectivity index (χ1) is 13.2. The SMILES string of the molecule is Cc1c(Sc2ccccc2)n2[nH]c3ccccc3[n+]2c1-c1ccc(F)cc1. The van der Waals surface area contributed by atoms with Gasteiger partial charge in [0, 0.05) is 16.0 Å². The third-order valence-corrected chi connectivity index (χ3v) is 5.89. The van der Waals surface area contributed by atoms with E-state index in [0.717, 1.165) is 32.9 Å². The molecule has 0 saturated carbocycles. The maximum absolute atomic E-state index is 13.5. The Morgan fingerprint density at radius 1 is 0.889 bits per heavy atom. The van der Waals surface area contributed by atoms with Gasteiger partial charge in [-0.05, 0) is 60.1 Å². The second kappa shape index (κ2) is 6.28. The average Bonchev–Trinajstić information content (AvgIpc) is 3.19. The second-order valence-corrected chi connectivity index (χ2v) is 7.52. The third kappa shape index (κ3) is 2.62. The van der Waals surface area contributed by atoms with Gasteiger partial charge in [0.1, 0.15) is 5.82 Å². The zero-order valence-corrected chi connectivity index (χ0v) is 15.5. The number of fused-ring (bicyclic) bond motifs is 3. The number of para-hydroxylation sites is 2. The van der Waals surface area contributed by atoms with Crippen LogP contribution < -0.4 is 4.52 Å². The highest BCUT2D eigenvalue weighted by Gasteiger charge is 2.27. The Balaban J connectivity index is 1.82. The van der Waals surface area contributed by atoms with Gasteiger partial charge in [-0.2, -0.15) is 5.10 Å². The van der Waals surface area contributed by atoms with E-state index in [9.17, 15) is 4.39 Å². The Hall–Kier alpha value is -3.05. The van der Waals surface area contributed by atoms with Crippen LogP contribution in [0.4, 0.5) is 4.39 Å². The van der Waals surface area contributed by atoms with Crippen molar-refractivity contribution in [3.8, 4) is 11.3 Å². The van der Waals surface area contributed by atoms with Crippen LogP contribution in [0.25, 0.3) is 22.3 Å². The van der Waals surface area contributed by atoms with Gasteiger partial charge in [0.15, 0.2) is 16.2 Å². The molecule has 2 heterocycles. The highest BCUT2D eigenvalue weighted by atomic mass is 32.2. The molecule has 5 rings (SSSR count). The number of nitrogens with one attached hydrogen (secondary N) is 1. The van der Waals surface area contributed by atoms with Crippen LogP contribution >= 0.6 is 11.8 Å². The van der Waals surface area contributed by atoms with Crippen LogP contribution in [0, 0.1) is 12.7 Å². The molecule has 0 unspecified atom stereocenters. The molecule has 5 aromatic rings. The molecule has 0 atom stereocenters. The Labute approximate surface area is 160 Å². The predicted octanol–water partition coefficient (Wildman–Crippen LogP) is 5.27. The second-order valence-electron chi connectivity index (χ2n) is 6.45. The monoisotopic (exact) mass is 374 g/mol. The van der Waals surface area contributed by atoms with Crippen LogP contribution in [-0.4, -0.2) is 9.73 Å². The third-order valence-electron chi connectivity index (χ3n) is 4.71. The number of aromatic amines is 1. The summed E-state index contributed by atoms with van der Waals surface area (Å²) in [6, 6.07) is 25.2. The van der Waals surface area contributed by atoms with Crippen molar-refractivity contribution in [2.75, 3.05) is 0 Å². The normalized spacial score (nSPS) is 11.5. The topological polar surface area (TPSA) is 24.3 Å². The van der Waals surface area contributed by atoms with Gasteiger partial charge in [-0.1, -0.05) is 42.1 Å². The van der Waals surface area contributed by atoms with Crippen LogP contribution in [-0.2, 0) is 0 Å². The molecule has 3 aromatic carbocycles. The summed E-state index contributed by atoms with van der Waals surface area (Å²) in [5.41, 5.74) is 5.33. The van der Waals surface area contributed by atoms with Gasteiger partial charge in [-0.15, -0.1) is 4.52 Å². The molecule has 0 amide bonds. The lowest BCUT2D eigenvalue weighted by atomic mass is 10.1. The highest BCUT2D eigenvalue weighted by Crippen LogP contribution is 2.34. The van der Waals surface area contributed by atoms with Crippen LogP contribution in [0.3, 0.4) is 0 Å². The number of hydrogen-bond donors (Lipinski definition) is 1. The summed E-state index contributed by atoms with van der Waals surface area (Å²) in [5.74, 6) is -0.227. The van der Waals surface area contributed by atoms with E-state index in [-0.39, 0.29) is 5.82 Å². The fraction of sp³-hybridized carbons (Fsp3) is 0.0455. The molecular formula is C22H17FN3S+. The summed E-state index contributed by atoms with van der Waals surface area (Å²) >= 11 is 1.71. The Morgan fingerprint density at radius 2 is 1.59 bits per heavy atom. The minimum atomic E-state index is -0.227. The number of H-pyrrole nitrogens is 1. The maximum Gasteiger partial charge on any atom is 0.202 e. The summed E-state index contributed by atoms with van der Waals surface area (Å²) in [7, 11) is 0. The molecule has 132 valence electrons. The summed E-state index contributed by atoms with van der Waals surface area (Å²) in [6.07, 6.45) is 0. The van der Waals surface area contributed by atoms with E-state index in [1.165, 1.54) is 17.0 Å². The minimum Gasteiger partial charge on any atom is -0.207 e. The number of halogens is 1. The number of hydrogen-bond acceptors (Lipinski definition) is 1. The molecule has 0 aliphatic carbocycles. The zero-order valence-electron chi connectivity index (χ0n) is 14.7. The maximum atomic E-state index is 13.5. The largest absolute Gasteiger partial charge is 0.207 e. The number of benzene rings is 3. The van der Waals surface area contributed by atoms with E-state index in [1.807, 2.05) is 42.5 Å². The molecule has 0 saturated heterocycles. The quantitative estimate of drug-likeness (QED) is 0.427. The van der Waals surface area contributed by atoms with Gasteiger partial charge in [-0.3, -0.25) is 0 Å². The van der Waals surface area contributed by atoms with Crippen molar-refractivity contribution in [1.82, 2.24) is 9.73 Å². The van der Waals surface area contributed by atoms with Crippen molar-refractivity contribution >= 4 is 22.8 Å². The lowest BCUT2D eigenvalue weighted by molar-refractivity contribution is -0.585. The molecule has 0 aliphatic rings. The Kier molecular flexibility index (Phi) is 3.76.